The number of imidazole rings is 1. The van der Waals surface area contributed by atoms with Gasteiger partial charge in [-0.05, 0) is 33.6 Å². The molecular formula is C15H27N3O. The van der Waals surface area contributed by atoms with Gasteiger partial charge in [0.1, 0.15) is 0 Å². The van der Waals surface area contributed by atoms with Crippen molar-refractivity contribution in [1.82, 2.24) is 9.55 Å². The van der Waals surface area contributed by atoms with E-state index in [1.54, 1.807) is 0 Å². The summed E-state index contributed by atoms with van der Waals surface area (Å²) in [6.45, 7) is 7.78. The van der Waals surface area contributed by atoms with E-state index in [1.165, 1.54) is 32.1 Å². The Morgan fingerprint density at radius 2 is 2.16 bits per heavy atom. The number of nitrogens with one attached hydrogen (secondary N) is 1. The molecule has 1 saturated carbocycles. The van der Waals surface area contributed by atoms with Gasteiger partial charge in [-0.1, -0.05) is 19.3 Å². The van der Waals surface area contributed by atoms with E-state index in [2.05, 4.69) is 34.9 Å². The number of rotatable bonds is 6. The summed E-state index contributed by atoms with van der Waals surface area (Å²) in [5.41, 5.74) is 1.07. The highest BCUT2D eigenvalue weighted by Crippen LogP contribution is 2.23. The lowest BCUT2D eigenvalue weighted by Gasteiger charge is -2.25. The lowest BCUT2D eigenvalue weighted by atomic mass is 9.96. The van der Waals surface area contributed by atoms with Gasteiger partial charge in [0.2, 0.25) is 5.95 Å². The largest absolute Gasteiger partial charge is 0.380 e. The van der Waals surface area contributed by atoms with Crippen LogP contribution in [0.4, 0.5) is 5.95 Å². The molecule has 1 aliphatic carbocycles. The lowest BCUT2D eigenvalue weighted by molar-refractivity contribution is 0.119. The molecule has 19 heavy (non-hydrogen) atoms. The molecule has 108 valence electrons. The minimum atomic E-state index is 0.326. The van der Waals surface area contributed by atoms with Crippen molar-refractivity contribution in [3.8, 4) is 0 Å². The van der Waals surface area contributed by atoms with E-state index in [4.69, 9.17) is 4.74 Å². The first-order chi connectivity index (χ1) is 9.20. The van der Waals surface area contributed by atoms with Crippen LogP contribution in [0.5, 0.6) is 0 Å². The predicted octanol–water partition coefficient (Wildman–Crippen LogP) is 3.53. The van der Waals surface area contributed by atoms with E-state index < -0.39 is 0 Å². The fourth-order valence-corrected chi connectivity index (χ4v) is 2.76. The predicted molar refractivity (Wildman–Crippen MR) is 78.7 cm³/mol. The summed E-state index contributed by atoms with van der Waals surface area (Å²) in [7, 11) is 0. The number of aryl methyl sites for hydroxylation is 1. The number of hydrogen-bond acceptors (Lipinski definition) is 3. The fraction of sp³-hybridized carbons (Fsp3) is 0.800. The van der Waals surface area contributed by atoms with E-state index >= 15 is 0 Å². The van der Waals surface area contributed by atoms with Crippen molar-refractivity contribution in [2.45, 2.75) is 65.0 Å². The van der Waals surface area contributed by atoms with E-state index in [0.29, 0.717) is 12.1 Å². The molecule has 1 fully saturated rings. The maximum atomic E-state index is 5.53. The maximum absolute atomic E-state index is 5.53. The van der Waals surface area contributed by atoms with E-state index in [-0.39, 0.29) is 0 Å². The molecule has 1 aromatic heterocycles. The number of hydrogen-bond donors (Lipinski definition) is 1. The maximum Gasteiger partial charge on any atom is 0.203 e. The van der Waals surface area contributed by atoms with Gasteiger partial charge in [0, 0.05) is 18.8 Å². The molecule has 0 spiro atoms. The lowest BCUT2D eigenvalue weighted by Crippen LogP contribution is -2.25. The van der Waals surface area contributed by atoms with Crippen molar-refractivity contribution >= 4 is 5.95 Å². The van der Waals surface area contributed by atoms with Crippen molar-refractivity contribution in [2.75, 3.05) is 18.5 Å². The standard InChI is InChI=1S/C15H27N3O/c1-4-19-11-13(3)18-10-12(2)16-15(18)17-14-8-6-5-7-9-14/h10,13-14H,4-9,11H2,1-3H3,(H,16,17). The Bertz CT molecular complexity index is 383. The Morgan fingerprint density at radius 3 is 2.84 bits per heavy atom. The third-order valence-corrected chi connectivity index (χ3v) is 3.83. The van der Waals surface area contributed by atoms with Crippen LogP contribution in [0.15, 0.2) is 6.20 Å². The minimum Gasteiger partial charge on any atom is -0.380 e. The Labute approximate surface area is 116 Å². The monoisotopic (exact) mass is 265 g/mol. The molecule has 0 radical (unpaired) electrons. The van der Waals surface area contributed by atoms with Crippen LogP contribution in [-0.4, -0.2) is 28.8 Å². The molecule has 0 amide bonds. The smallest absolute Gasteiger partial charge is 0.203 e. The van der Waals surface area contributed by atoms with Gasteiger partial charge in [-0.15, -0.1) is 0 Å². The second kappa shape index (κ2) is 6.94. The highest BCUT2D eigenvalue weighted by atomic mass is 16.5. The van der Waals surface area contributed by atoms with Crippen LogP contribution in [0.3, 0.4) is 0 Å². The molecule has 1 N–H and O–H groups in total. The van der Waals surface area contributed by atoms with Crippen molar-refractivity contribution in [3.63, 3.8) is 0 Å². The molecule has 1 atom stereocenters. The average Bonchev–Trinajstić information content (AvgIpc) is 2.78. The summed E-state index contributed by atoms with van der Waals surface area (Å²) in [4.78, 5) is 4.63. The van der Waals surface area contributed by atoms with E-state index in [9.17, 15) is 0 Å². The van der Waals surface area contributed by atoms with Gasteiger partial charge < -0.3 is 14.6 Å². The Hall–Kier alpha value is -1.03. The van der Waals surface area contributed by atoms with Crippen LogP contribution >= 0.6 is 0 Å². The summed E-state index contributed by atoms with van der Waals surface area (Å²) in [6, 6.07) is 0.917. The van der Waals surface area contributed by atoms with Crippen LogP contribution in [0.1, 0.15) is 57.7 Å². The van der Waals surface area contributed by atoms with Gasteiger partial charge in [0.05, 0.1) is 18.3 Å². The van der Waals surface area contributed by atoms with Crippen molar-refractivity contribution < 1.29 is 4.74 Å². The van der Waals surface area contributed by atoms with Crippen molar-refractivity contribution in [1.29, 1.82) is 0 Å². The van der Waals surface area contributed by atoms with Crippen molar-refractivity contribution in [2.24, 2.45) is 0 Å². The Balaban J connectivity index is 2.02. The summed E-state index contributed by atoms with van der Waals surface area (Å²) in [5, 5.41) is 3.62. The van der Waals surface area contributed by atoms with E-state index in [1.807, 2.05) is 6.92 Å². The second-order valence-electron chi connectivity index (χ2n) is 5.60. The van der Waals surface area contributed by atoms with Gasteiger partial charge >= 0.3 is 0 Å². The molecule has 0 aliphatic heterocycles. The van der Waals surface area contributed by atoms with Crippen LogP contribution in [0, 0.1) is 6.92 Å². The molecule has 2 rings (SSSR count). The molecule has 4 nitrogen and oxygen atoms in total. The zero-order chi connectivity index (χ0) is 13.7. The van der Waals surface area contributed by atoms with Gasteiger partial charge in [-0.3, -0.25) is 0 Å². The first kappa shape index (κ1) is 14.4. The van der Waals surface area contributed by atoms with Gasteiger partial charge in [-0.2, -0.15) is 0 Å². The summed E-state index contributed by atoms with van der Waals surface area (Å²) >= 11 is 0. The van der Waals surface area contributed by atoms with Crippen LogP contribution in [-0.2, 0) is 4.74 Å². The molecule has 0 saturated heterocycles. The molecule has 0 aromatic carbocycles. The average molecular weight is 265 g/mol. The second-order valence-corrected chi connectivity index (χ2v) is 5.60. The zero-order valence-corrected chi connectivity index (χ0v) is 12.5. The van der Waals surface area contributed by atoms with Gasteiger partial charge in [-0.25, -0.2) is 4.98 Å². The number of ether oxygens (including phenoxy) is 1. The molecule has 1 aliphatic rings. The van der Waals surface area contributed by atoms with Crippen LogP contribution in [0.2, 0.25) is 0 Å². The first-order valence-corrected chi connectivity index (χ1v) is 7.60. The molecule has 1 aromatic rings. The Morgan fingerprint density at radius 1 is 1.42 bits per heavy atom. The summed E-state index contributed by atoms with van der Waals surface area (Å²) in [6.07, 6.45) is 8.72. The highest BCUT2D eigenvalue weighted by Gasteiger charge is 2.17. The third-order valence-electron chi connectivity index (χ3n) is 3.83. The molecular weight excluding hydrogens is 238 g/mol. The fourth-order valence-electron chi connectivity index (χ4n) is 2.76. The molecule has 4 heteroatoms. The molecule has 1 unspecified atom stereocenters. The highest BCUT2D eigenvalue weighted by molar-refractivity contribution is 5.31. The third kappa shape index (κ3) is 3.96. The normalized spacial score (nSPS) is 18.5. The van der Waals surface area contributed by atoms with Crippen LogP contribution in [0.25, 0.3) is 0 Å². The SMILES string of the molecule is CCOCC(C)n1cc(C)nc1NC1CCCCC1. The van der Waals surface area contributed by atoms with Gasteiger partial charge in [0.25, 0.3) is 0 Å². The van der Waals surface area contributed by atoms with Gasteiger partial charge in [0.15, 0.2) is 0 Å². The number of aromatic nitrogens is 2. The zero-order valence-electron chi connectivity index (χ0n) is 12.5. The number of nitrogens with zero attached hydrogens (tertiary/aromatic N) is 2. The molecule has 0 bridgehead atoms. The van der Waals surface area contributed by atoms with Crippen LogP contribution < -0.4 is 5.32 Å². The summed E-state index contributed by atoms with van der Waals surface area (Å²) < 4.78 is 7.75. The minimum absolute atomic E-state index is 0.326. The quantitative estimate of drug-likeness (QED) is 0.855. The Kier molecular flexibility index (Phi) is 5.25. The number of anilines is 1. The first-order valence-electron chi connectivity index (χ1n) is 7.60. The summed E-state index contributed by atoms with van der Waals surface area (Å²) in [5.74, 6) is 1.01. The van der Waals surface area contributed by atoms with E-state index in [0.717, 1.165) is 24.9 Å². The van der Waals surface area contributed by atoms with Crippen molar-refractivity contribution in [3.05, 3.63) is 11.9 Å². The molecule has 1 heterocycles. The topological polar surface area (TPSA) is 39.1 Å².